The summed E-state index contributed by atoms with van der Waals surface area (Å²) in [5, 5.41) is 2.78. The molecule has 4 aromatic carbocycles. The fourth-order valence-electron chi connectivity index (χ4n) is 4.87. The van der Waals surface area contributed by atoms with E-state index >= 15 is 0 Å². The molecule has 4 aromatic rings. The van der Waals surface area contributed by atoms with Crippen molar-refractivity contribution in [2.75, 3.05) is 14.2 Å². The van der Waals surface area contributed by atoms with Gasteiger partial charge in [0.25, 0.3) is 0 Å². The van der Waals surface area contributed by atoms with E-state index in [1.807, 2.05) is 38.1 Å². The van der Waals surface area contributed by atoms with Gasteiger partial charge in [-0.05, 0) is 76.8 Å². The van der Waals surface area contributed by atoms with Crippen LogP contribution in [0.3, 0.4) is 0 Å². The van der Waals surface area contributed by atoms with Gasteiger partial charge in [0, 0.05) is 30.2 Å². The monoisotopic (exact) mass is 550 g/mol. The van der Waals surface area contributed by atoms with Crippen molar-refractivity contribution in [2.45, 2.75) is 27.7 Å². The van der Waals surface area contributed by atoms with E-state index in [1.54, 1.807) is 20.3 Å². The predicted octanol–water partition coefficient (Wildman–Crippen LogP) is 7.01. The van der Waals surface area contributed by atoms with Crippen LogP contribution in [0.4, 0.5) is 0 Å². The fourth-order valence-corrected chi connectivity index (χ4v) is 5.38. The normalized spacial score (nSPS) is 11.6. The van der Waals surface area contributed by atoms with Crippen molar-refractivity contribution in [3.63, 3.8) is 0 Å². The van der Waals surface area contributed by atoms with Crippen LogP contribution in [-0.4, -0.2) is 26.2 Å². The number of ether oxygens (including phenoxy) is 5. The second kappa shape index (κ2) is 8.71. The molecule has 0 bridgehead atoms. The van der Waals surface area contributed by atoms with Crippen LogP contribution in [0.5, 0.6) is 34.5 Å². The van der Waals surface area contributed by atoms with Crippen LogP contribution < -0.4 is 23.7 Å². The number of benzene rings is 4. The van der Waals surface area contributed by atoms with E-state index in [9.17, 15) is 9.59 Å². The number of esters is 2. The second-order valence-corrected chi connectivity index (χ2v) is 9.44. The van der Waals surface area contributed by atoms with Crippen molar-refractivity contribution < 1.29 is 33.3 Å². The van der Waals surface area contributed by atoms with E-state index in [0.717, 1.165) is 38.8 Å². The first-order valence-electron chi connectivity index (χ1n) is 11.2. The zero-order valence-electron chi connectivity index (χ0n) is 20.6. The lowest BCUT2D eigenvalue weighted by Crippen LogP contribution is -2.09. The van der Waals surface area contributed by atoms with Crippen LogP contribution in [0.2, 0.25) is 0 Å². The first-order valence-corrected chi connectivity index (χ1v) is 12.0. The molecule has 7 nitrogen and oxygen atoms in total. The minimum absolute atomic E-state index is 0.251. The molecule has 8 heteroatoms. The standard InChI is InChI=1S/C28H23BrO7/c1-12-9-20(32-5)22-17(25(12)33-6)8-7-16-18-11-19(29)28(35-15(4)31)24-21(34-14(3)30)10-13(2)26(23(18)24)36-27(16)22/h7-11H,1-6H3. The Balaban J connectivity index is 1.95. The van der Waals surface area contributed by atoms with Crippen molar-refractivity contribution in [3.05, 3.63) is 45.9 Å². The molecule has 36 heavy (non-hydrogen) atoms. The number of carbonyl (C=O) groups excluding carboxylic acids is 2. The molecule has 0 amide bonds. The van der Waals surface area contributed by atoms with E-state index in [1.165, 1.54) is 13.8 Å². The summed E-state index contributed by atoms with van der Waals surface area (Å²) in [6.07, 6.45) is 0. The smallest absolute Gasteiger partial charge is 0.308 e. The van der Waals surface area contributed by atoms with Crippen LogP contribution in [0.15, 0.2) is 34.8 Å². The molecule has 1 aliphatic rings. The third kappa shape index (κ3) is 3.55. The Labute approximate surface area is 216 Å². The largest absolute Gasteiger partial charge is 0.496 e. The van der Waals surface area contributed by atoms with Gasteiger partial charge in [0.15, 0.2) is 5.75 Å². The quantitative estimate of drug-likeness (QED) is 0.176. The van der Waals surface area contributed by atoms with Gasteiger partial charge < -0.3 is 23.7 Å². The molecular formula is C28H23BrO7. The number of carbonyl (C=O) groups is 2. The molecule has 0 aliphatic carbocycles. The van der Waals surface area contributed by atoms with Gasteiger partial charge in [-0.3, -0.25) is 9.59 Å². The molecule has 0 N–H and O–H groups in total. The molecule has 0 atom stereocenters. The average Bonchev–Trinajstić information content (AvgIpc) is 2.81. The molecule has 1 heterocycles. The van der Waals surface area contributed by atoms with Gasteiger partial charge >= 0.3 is 11.9 Å². The van der Waals surface area contributed by atoms with Crippen molar-refractivity contribution in [3.8, 4) is 45.6 Å². The van der Waals surface area contributed by atoms with E-state index in [-0.39, 0.29) is 11.5 Å². The maximum absolute atomic E-state index is 12.0. The number of aryl methyl sites for hydroxylation is 2. The second-order valence-electron chi connectivity index (χ2n) is 8.59. The van der Waals surface area contributed by atoms with Gasteiger partial charge in [0.1, 0.15) is 28.7 Å². The Bertz CT molecular complexity index is 1620. The van der Waals surface area contributed by atoms with Crippen molar-refractivity contribution in [1.29, 1.82) is 0 Å². The SMILES string of the molecule is COc1c(C)cc(OC)c2c3c(ccc12)-c1cc(Br)c(OC(C)=O)c2c(OC(C)=O)cc(C)c(c12)O3. The summed E-state index contributed by atoms with van der Waals surface area (Å²) in [5.41, 5.74) is 3.32. The molecule has 0 radical (unpaired) electrons. The highest BCUT2D eigenvalue weighted by molar-refractivity contribution is 9.10. The summed E-state index contributed by atoms with van der Waals surface area (Å²) in [6, 6.07) is 9.45. The highest BCUT2D eigenvalue weighted by Gasteiger charge is 2.31. The van der Waals surface area contributed by atoms with Gasteiger partial charge in [-0.2, -0.15) is 0 Å². The van der Waals surface area contributed by atoms with Gasteiger partial charge in [-0.15, -0.1) is 0 Å². The van der Waals surface area contributed by atoms with Crippen LogP contribution in [0.1, 0.15) is 25.0 Å². The Morgan fingerprint density at radius 3 is 2.08 bits per heavy atom. The van der Waals surface area contributed by atoms with Crippen LogP contribution in [0, 0.1) is 13.8 Å². The average molecular weight is 551 g/mol. The zero-order valence-corrected chi connectivity index (χ0v) is 22.2. The highest BCUT2D eigenvalue weighted by Crippen LogP contribution is 2.57. The summed E-state index contributed by atoms with van der Waals surface area (Å²) in [6.45, 7) is 6.48. The Kier molecular flexibility index (Phi) is 5.79. The lowest BCUT2D eigenvalue weighted by Gasteiger charge is -2.27. The fraction of sp³-hybridized carbons (Fsp3) is 0.214. The van der Waals surface area contributed by atoms with Crippen LogP contribution >= 0.6 is 15.9 Å². The van der Waals surface area contributed by atoms with Gasteiger partial charge in [-0.1, -0.05) is 0 Å². The summed E-state index contributed by atoms with van der Waals surface area (Å²) in [7, 11) is 3.26. The predicted molar refractivity (Wildman–Crippen MR) is 140 cm³/mol. The van der Waals surface area contributed by atoms with E-state index < -0.39 is 11.9 Å². The minimum Gasteiger partial charge on any atom is -0.496 e. The molecule has 0 aromatic heterocycles. The first kappa shape index (κ1) is 23.9. The van der Waals surface area contributed by atoms with Gasteiger partial charge in [0.05, 0.1) is 29.5 Å². The van der Waals surface area contributed by atoms with E-state index in [2.05, 4.69) is 15.9 Å². The van der Waals surface area contributed by atoms with Crippen molar-refractivity contribution >= 4 is 49.4 Å². The number of halogens is 1. The molecule has 1 aliphatic heterocycles. The molecule has 5 rings (SSSR count). The summed E-state index contributed by atoms with van der Waals surface area (Å²) >= 11 is 3.56. The maximum Gasteiger partial charge on any atom is 0.308 e. The molecule has 0 spiro atoms. The lowest BCUT2D eigenvalue weighted by molar-refractivity contribution is -0.132. The Morgan fingerprint density at radius 2 is 1.44 bits per heavy atom. The number of methoxy groups -OCH3 is 2. The molecular weight excluding hydrogens is 528 g/mol. The Morgan fingerprint density at radius 1 is 0.750 bits per heavy atom. The third-order valence-corrected chi connectivity index (χ3v) is 6.77. The molecule has 0 fully saturated rings. The molecule has 184 valence electrons. The number of hydrogen-bond donors (Lipinski definition) is 0. The summed E-state index contributed by atoms with van der Waals surface area (Å²) in [5.74, 6) is 2.12. The summed E-state index contributed by atoms with van der Waals surface area (Å²) in [4.78, 5) is 23.9. The molecule has 0 saturated heterocycles. The molecule has 0 saturated carbocycles. The number of fused-ring (bicyclic) bond motifs is 4. The lowest BCUT2D eigenvalue weighted by atomic mass is 9.89. The van der Waals surface area contributed by atoms with Gasteiger partial charge in [0.2, 0.25) is 0 Å². The third-order valence-electron chi connectivity index (χ3n) is 6.19. The molecule has 0 unspecified atom stereocenters. The van der Waals surface area contributed by atoms with Crippen LogP contribution in [-0.2, 0) is 9.59 Å². The topological polar surface area (TPSA) is 80.3 Å². The van der Waals surface area contributed by atoms with Crippen LogP contribution in [0.25, 0.3) is 32.7 Å². The van der Waals surface area contributed by atoms with E-state index in [4.69, 9.17) is 23.7 Å². The van der Waals surface area contributed by atoms with Gasteiger partial charge in [-0.25, -0.2) is 0 Å². The number of rotatable bonds is 4. The number of hydrogen-bond acceptors (Lipinski definition) is 7. The summed E-state index contributed by atoms with van der Waals surface area (Å²) < 4.78 is 29.7. The first-order chi connectivity index (χ1) is 17.2. The Hall–Kier alpha value is -3.78. The van der Waals surface area contributed by atoms with Crippen molar-refractivity contribution in [1.82, 2.24) is 0 Å². The zero-order chi connectivity index (χ0) is 25.9. The van der Waals surface area contributed by atoms with Crippen molar-refractivity contribution in [2.24, 2.45) is 0 Å². The highest BCUT2D eigenvalue weighted by atomic mass is 79.9. The van der Waals surface area contributed by atoms with E-state index in [0.29, 0.717) is 32.5 Å². The minimum atomic E-state index is -0.503. The maximum atomic E-state index is 12.0.